The molecule has 1 aliphatic rings. The highest BCUT2D eigenvalue weighted by Gasteiger charge is 2.22. The van der Waals surface area contributed by atoms with Gasteiger partial charge in [0.15, 0.2) is 0 Å². The number of aromatic nitrogens is 1. The summed E-state index contributed by atoms with van der Waals surface area (Å²) in [5, 5.41) is 0. The van der Waals surface area contributed by atoms with E-state index in [2.05, 4.69) is 20.9 Å². The summed E-state index contributed by atoms with van der Waals surface area (Å²) in [6, 6.07) is 0. The normalized spacial score (nSPS) is 15.5. The van der Waals surface area contributed by atoms with Gasteiger partial charge in [-0.3, -0.25) is 9.59 Å². The zero-order chi connectivity index (χ0) is 11.7. The minimum Gasteiger partial charge on any atom is -0.363 e. The average Bonchev–Trinajstić information content (AvgIpc) is 2.79. The van der Waals surface area contributed by atoms with E-state index in [-0.39, 0.29) is 16.9 Å². The number of hydrogen-bond acceptors (Lipinski definition) is 2. The second-order valence-corrected chi connectivity index (χ2v) is 4.76. The highest BCUT2D eigenvalue weighted by molar-refractivity contribution is 9.10. The predicted molar refractivity (Wildman–Crippen MR) is 64.6 cm³/mol. The molecule has 0 unspecified atom stereocenters. The maximum Gasteiger partial charge on any atom is 0.259 e. The second-order valence-electron chi connectivity index (χ2n) is 3.97. The number of nitrogens with zero attached hydrogens (tertiary/aromatic N) is 1. The van der Waals surface area contributed by atoms with Crippen LogP contribution >= 0.6 is 15.9 Å². The molecule has 1 saturated heterocycles. The Morgan fingerprint density at radius 2 is 2.06 bits per heavy atom. The molecule has 1 aromatic rings. The molecule has 0 spiro atoms. The first-order chi connectivity index (χ1) is 7.61. The van der Waals surface area contributed by atoms with Gasteiger partial charge in [-0.25, -0.2) is 0 Å². The number of rotatable bonds is 1. The predicted octanol–water partition coefficient (Wildman–Crippen LogP) is 1.68. The van der Waals surface area contributed by atoms with Gasteiger partial charge in [-0.1, -0.05) is 0 Å². The van der Waals surface area contributed by atoms with E-state index in [1.54, 1.807) is 11.8 Å². The molecule has 2 rings (SSSR count). The van der Waals surface area contributed by atoms with E-state index in [1.807, 2.05) is 0 Å². The lowest BCUT2D eigenvalue weighted by molar-refractivity contribution is 0.0791. The van der Waals surface area contributed by atoms with Gasteiger partial charge >= 0.3 is 0 Å². The minimum atomic E-state index is -0.229. The molecule has 1 aromatic heterocycles. The summed E-state index contributed by atoms with van der Waals surface area (Å²) in [4.78, 5) is 28.5. The summed E-state index contributed by atoms with van der Waals surface area (Å²) in [5.41, 5.74) is 0.732. The number of likely N-dealkylation sites (tertiary alicyclic amines) is 1. The van der Waals surface area contributed by atoms with Crippen molar-refractivity contribution in [2.75, 3.05) is 13.1 Å². The lowest BCUT2D eigenvalue weighted by Crippen LogP contribution is -2.32. The number of pyridine rings is 1. The summed E-state index contributed by atoms with van der Waals surface area (Å²) in [6.07, 6.45) is 3.55. The van der Waals surface area contributed by atoms with Crippen LogP contribution in [0, 0.1) is 6.92 Å². The van der Waals surface area contributed by atoms with E-state index in [0.29, 0.717) is 4.47 Å². The number of nitrogens with one attached hydrogen (secondary N) is 1. The third-order valence-electron chi connectivity index (χ3n) is 2.83. The third kappa shape index (κ3) is 1.91. The average molecular weight is 285 g/mol. The molecule has 2 heterocycles. The van der Waals surface area contributed by atoms with Crippen LogP contribution in [0.1, 0.15) is 28.9 Å². The number of carbonyl (C=O) groups excluding carboxylic acids is 1. The van der Waals surface area contributed by atoms with Gasteiger partial charge in [0.1, 0.15) is 5.56 Å². The van der Waals surface area contributed by atoms with E-state index in [9.17, 15) is 9.59 Å². The zero-order valence-corrected chi connectivity index (χ0v) is 10.6. The summed E-state index contributed by atoms with van der Waals surface area (Å²) >= 11 is 3.19. The monoisotopic (exact) mass is 284 g/mol. The number of amides is 1. The van der Waals surface area contributed by atoms with Crippen molar-refractivity contribution < 1.29 is 4.79 Å². The summed E-state index contributed by atoms with van der Waals surface area (Å²) in [7, 11) is 0. The van der Waals surface area contributed by atoms with Crippen LogP contribution in [0.5, 0.6) is 0 Å². The highest BCUT2D eigenvalue weighted by atomic mass is 79.9. The van der Waals surface area contributed by atoms with Crippen molar-refractivity contribution in [1.82, 2.24) is 9.88 Å². The van der Waals surface area contributed by atoms with Crippen molar-refractivity contribution in [3.8, 4) is 0 Å². The van der Waals surface area contributed by atoms with E-state index >= 15 is 0 Å². The number of aryl methyl sites for hydroxylation is 1. The minimum absolute atomic E-state index is 0.167. The third-order valence-corrected chi connectivity index (χ3v) is 3.78. The van der Waals surface area contributed by atoms with Crippen LogP contribution in [0.2, 0.25) is 0 Å². The molecule has 1 aliphatic heterocycles. The molecule has 1 fully saturated rings. The van der Waals surface area contributed by atoms with Gasteiger partial charge in [-0.15, -0.1) is 0 Å². The molecule has 0 aromatic carbocycles. The quantitative estimate of drug-likeness (QED) is 0.853. The first kappa shape index (κ1) is 11.4. The van der Waals surface area contributed by atoms with Gasteiger partial charge in [0, 0.05) is 25.0 Å². The molecule has 0 radical (unpaired) electrons. The van der Waals surface area contributed by atoms with Crippen LogP contribution in [0.25, 0.3) is 0 Å². The Morgan fingerprint density at radius 1 is 1.44 bits per heavy atom. The van der Waals surface area contributed by atoms with Crippen LogP contribution < -0.4 is 5.43 Å². The van der Waals surface area contributed by atoms with E-state index in [1.165, 1.54) is 6.20 Å². The van der Waals surface area contributed by atoms with Crippen molar-refractivity contribution in [2.45, 2.75) is 19.8 Å². The Balaban J connectivity index is 2.37. The standard InChI is InChI=1S/C11H13BrN2O2/c1-7-9(12)10(15)8(6-13-7)11(16)14-4-2-3-5-14/h6H,2-5H2,1H3,(H,13,15). The summed E-state index contributed by atoms with van der Waals surface area (Å²) < 4.78 is 0.442. The molecular weight excluding hydrogens is 272 g/mol. The van der Waals surface area contributed by atoms with E-state index in [0.717, 1.165) is 31.6 Å². The Hall–Kier alpha value is -1.10. The molecule has 16 heavy (non-hydrogen) atoms. The molecule has 0 saturated carbocycles. The molecule has 0 aliphatic carbocycles. The number of halogens is 1. The van der Waals surface area contributed by atoms with Crippen LogP contribution in [0.4, 0.5) is 0 Å². The zero-order valence-electron chi connectivity index (χ0n) is 9.05. The van der Waals surface area contributed by atoms with Crippen molar-refractivity contribution >= 4 is 21.8 Å². The Kier molecular flexibility index (Phi) is 3.14. The number of hydrogen-bond donors (Lipinski definition) is 1. The van der Waals surface area contributed by atoms with Gasteiger partial charge in [0.2, 0.25) is 5.43 Å². The molecule has 0 bridgehead atoms. The van der Waals surface area contributed by atoms with Crippen LogP contribution in [-0.2, 0) is 0 Å². The number of carbonyl (C=O) groups is 1. The molecule has 4 nitrogen and oxygen atoms in total. The van der Waals surface area contributed by atoms with E-state index in [4.69, 9.17) is 0 Å². The Labute approximate surface area is 102 Å². The molecular formula is C11H13BrN2O2. The second kappa shape index (κ2) is 4.41. The van der Waals surface area contributed by atoms with Gasteiger partial charge in [-0.2, -0.15) is 0 Å². The molecule has 1 amide bonds. The van der Waals surface area contributed by atoms with Gasteiger partial charge in [0.25, 0.3) is 5.91 Å². The smallest absolute Gasteiger partial charge is 0.259 e. The SMILES string of the molecule is Cc1[nH]cc(C(=O)N2CCCC2)c(=O)c1Br. The van der Waals surface area contributed by atoms with Crippen LogP contribution in [-0.4, -0.2) is 28.9 Å². The van der Waals surface area contributed by atoms with E-state index < -0.39 is 0 Å². The lowest BCUT2D eigenvalue weighted by atomic mass is 10.2. The summed E-state index contributed by atoms with van der Waals surface area (Å²) in [5.74, 6) is -0.167. The fourth-order valence-corrected chi connectivity index (χ4v) is 2.18. The lowest BCUT2D eigenvalue weighted by Gasteiger charge is -2.14. The molecule has 0 atom stereocenters. The molecule has 1 N–H and O–H groups in total. The maximum absolute atomic E-state index is 12.0. The Morgan fingerprint density at radius 3 is 2.69 bits per heavy atom. The largest absolute Gasteiger partial charge is 0.363 e. The fourth-order valence-electron chi connectivity index (χ4n) is 1.85. The first-order valence-electron chi connectivity index (χ1n) is 5.28. The van der Waals surface area contributed by atoms with Crippen molar-refractivity contribution in [3.63, 3.8) is 0 Å². The van der Waals surface area contributed by atoms with Gasteiger partial charge < -0.3 is 9.88 Å². The van der Waals surface area contributed by atoms with Crippen molar-refractivity contribution in [1.29, 1.82) is 0 Å². The maximum atomic E-state index is 12.0. The number of aromatic amines is 1. The van der Waals surface area contributed by atoms with Crippen LogP contribution in [0.15, 0.2) is 15.5 Å². The van der Waals surface area contributed by atoms with Crippen molar-refractivity contribution in [3.05, 3.63) is 32.2 Å². The first-order valence-corrected chi connectivity index (χ1v) is 6.07. The highest BCUT2D eigenvalue weighted by Crippen LogP contribution is 2.13. The van der Waals surface area contributed by atoms with Crippen molar-refractivity contribution in [2.24, 2.45) is 0 Å². The Bertz CT molecular complexity index is 475. The fraction of sp³-hybridized carbons (Fsp3) is 0.455. The van der Waals surface area contributed by atoms with Gasteiger partial charge in [0.05, 0.1) is 4.47 Å². The molecule has 5 heteroatoms. The number of H-pyrrole nitrogens is 1. The van der Waals surface area contributed by atoms with Crippen LogP contribution in [0.3, 0.4) is 0 Å². The van der Waals surface area contributed by atoms with Gasteiger partial charge in [-0.05, 0) is 35.7 Å². The topological polar surface area (TPSA) is 53.2 Å². The molecule has 86 valence electrons. The summed E-state index contributed by atoms with van der Waals surface area (Å²) in [6.45, 7) is 3.29.